The van der Waals surface area contributed by atoms with Crippen LogP contribution in [0.2, 0.25) is 0 Å². The second-order valence-electron chi connectivity index (χ2n) is 1.92. The van der Waals surface area contributed by atoms with Crippen LogP contribution in [0.15, 0.2) is 29.1 Å². The first-order valence-corrected chi connectivity index (χ1v) is 4.53. The summed E-state index contributed by atoms with van der Waals surface area (Å²) in [6, 6.07) is -3.71. The van der Waals surface area contributed by atoms with E-state index >= 15 is 0 Å². The Morgan fingerprint density at radius 1 is 1.36 bits per heavy atom. The van der Waals surface area contributed by atoms with Crippen molar-refractivity contribution in [1.82, 2.24) is 0 Å². The van der Waals surface area contributed by atoms with E-state index in [0.29, 0.717) is 0 Å². The number of hydrogen-bond acceptors (Lipinski definition) is 2. The van der Waals surface area contributed by atoms with Gasteiger partial charge in [0.15, 0.2) is 9.84 Å². The molecule has 0 N–H and O–H groups in total. The first kappa shape index (κ1) is 4.21. The highest BCUT2D eigenvalue weighted by molar-refractivity contribution is 7.90. The van der Waals surface area contributed by atoms with Crippen molar-refractivity contribution in [1.29, 1.82) is 0 Å². The van der Waals surface area contributed by atoms with Gasteiger partial charge in [0.25, 0.3) is 0 Å². The molecule has 1 aromatic carbocycles. The fourth-order valence-corrected chi connectivity index (χ4v) is 0.944. The smallest absolute Gasteiger partial charge is 0.175 e. The molecule has 0 atom stereocenters. The molecule has 0 radical (unpaired) electrons. The third-order valence-corrected chi connectivity index (χ3v) is 1.89. The summed E-state index contributed by atoms with van der Waals surface area (Å²) in [5.41, 5.74) is 0. The van der Waals surface area contributed by atoms with Gasteiger partial charge in [0, 0.05) is 6.26 Å². The molecule has 2 nitrogen and oxygen atoms in total. The quantitative estimate of drug-likeness (QED) is 0.606. The van der Waals surface area contributed by atoms with Gasteiger partial charge in [-0.15, -0.1) is 0 Å². The molecular weight excluding hydrogens is 167 g/mol. The first-order valence-electron chi connectivity index (χ1n) is 4.63. The monoisotopic (exact) mass is 178 g/mol. The molecule has 11 heavy (non-hydrogen) atoms. The van der Waals surface area contributed by atoms with Crippen LogP contribution in [0.3, 0.4) is 0 Å². The van der Waals surface area contributed by atoms with Crippen LogP contribution < -0.4 is 0 Å². The number of hydrogen-bond donors (Lipinski definition) is 0. The highest BCUT2D eigenvalue weighted by atomic mass is 32.2. The summed E-state index contributed by atoms with van der Waals surface area (Å²) in [6.45, 7) is 0. The van der Waals surface area contributed by atoms with Crippen molar-refractivity contribution in [2.45, 2.75) is 4.90 Å². The average molecular weight is 178 g/mol. The number of rotatable bonds is 1. The Balaban J connectivity index is 3.84. The third-order valence-electron chi connectivity index (χ3n) is 0.942. The van der Waals surface area contributed by atoms with Crippen molar-refractivity contribution in [2.75, 3.05) is 6.26 Å². The van der Waals surface area contributed by atoms with Gasteiger partial charge >= 0.3 is 0 Å². The van der Waals surface area contributed by atoms with Crippen molar-refractivity contribution < 1.29 is 18.3 Å². The minimum absolute atomic E-state index is 0.745. The molecule has 0 saturated heterocycles. The van der Waals surface area contributed by atoms with E-state index in [2.05, 4.69) is 0 Å². The van der Waals surface area contributed by atoms with Gasteiger partial charge in [-0.25, -0.2) is 12.8 Å². The zero-order valence-corrected chi connectivity index (χ0v) is 6.42. The van der Waals surface area contributed by atoms with Crippen LogP contribution in [0.5, 0.6) is 0 Å². The lowest BCUT2D eigenvalue weighted by Gasteiger charge is -1.95. The van der Waals surface area contributed by atoms with Crippen LogP contribution in [0.4, 0.5) is 4.39 Å². The van der Waals surface area contributed by atoms with Gasteiger partial charge in [-0.1, -0.05) is 0 Å². The fraction of sp³-hybridized carbons (Fsp3) is 0.143. The molecule has 1 aromatic rings. The van der Waals surface area contributed by atoms with E-state index in [9.17, 15) is 12.8 Å². The number of sulfone groups is 1. The minimum Gasteiger partial charge on any atom is -0.224 e. The fourth-order valence-electron chi connectivity index (χ4n) is 0.471. The largest absolute Gasteiger partial charge is 0.224 e. The molecule has 0 aromatic heterocycles. The van der Waals surface area contributed by atoms with Crippen LogP contribution >= 0.6 is 0 Å². The SMILES string of the molecule is [2H]c1c([2H])c(S(C)(=O)=O)c([2H])c([2H])c1F. The Morgan fingerprint density at radius 3 is 2.18 bits per heavy atom. The predicted octanol–water partition coefficient (Wildman–Crippen LogP) is 1.23. The van der Waals surface area contributed by atoms with E-state index in [1.165, 1.54) is 0 Å². The molecule has 0 fully saturated rings. The lowest BCUT2D eigenvalue weighted by molar-refractivity contribution is 0.600. The Labute approximate surface area is 70.2 Å². The molecule has 0 aliphatic carbocycles. The Kier molecular flexibility index (Phi) is 1.00. The molecule has 60 valence electrons. The van der Waals surface area contributed by atoms with Crippen molar-refractivity contribution in [2.24, 2.45) is 0 Å². The van der Waals surface area contributed by atoms with E-state index in [1.807, 2.05) is 0 Å². The topological polar surface area (TPSA) is 34.1 Å². The summed E-state index contributed by atoms with van der Waals surface area (Å²) in [4.78, 5) is -0.779. The molecular formula is C7H7FO2S. The normalized spacial score (nSPS) is 16.5. The Morgan fingerprint density at radius 2 is 1.82 bits per heavy atom. The summed E-state index contributed by atoms with van der Waals surface area (Å²) in [6.07, 6.45) is 0.745. The molecule has 0 aliphatic rings. The average Bonchev–Trinajstić information content (AvgIpc) is 2.09. The Bertz CT molecular complexity index is 497. The van der Waals surface area contributed by atoms with Gasteiger partial charge in [-0.2, -0.15) is 0 Å². The van der Waals surface area contributed by atoms with Crippen molar-refractivity contribution in [3.63, 3.8) is 0 Å². The van der Waals surface area contributed by atoms with Gasteiger partial charge in [-0.3, -0.25) is 0 Å². The van der Waals surface area contributed by atoms with Crippen LogP contribution in [0.25, 0.3) is 0 Å². The molecule has 0 bridgehead atoms. The summed E-state index contributed by atoms with van der Waals surface area (Å²) in [5.74, 6) is -1.35. The summed E-state index contributed by atoms with van der Waals surface area (Å²) >= 11 is 0. The van der Waals surface area contributed by atoms with Crippen LogP contribution in [-0.4, -0.2) is 14.7 Å². The summed E-state index contributed by atoms with van der Waals surface area (Å²) in [5, 5.41) is 0. The van der Waals surface area contributed by atoms with Crippen LogP contribution in [0.1, 0.15) is 5.48 Å². The zero-order valence-electron chi connectivity index (χ0n) is 9.60. The standard InChI is InChI=1S/C7H7FO2S/c1-11(9,10)7-4-2-6(8)3-5-7/h2-5H,1H3/i2D,3D,4D,5D. The lowest BCUT2D eigenvalue weighted by atomic mass is 10.4. The number of halogens is 1. The highest BCUT2D eigenvalue weighted by Gasteiger charge is 2.04. The molecule has 0 heterocycles. The van der Waals surface area contributed by atoms with Gasteiger partial charge in [0.1, 0.15) is 5.82 Å². The highest BCUT2D eigenvalue weighted by Crippen LogP contribution is 2.08. The van der Waals surface area contributed by atoms with Gasteiger partial charge in [-0.05, 0) is 24.2 Å². The number of benzene rings is 1. The first-order chi connectivity index (χ1) is 6.68. The van der Waals surface area contributed by atoms with Crippen molar-refractivity contribution >= 4 is 9.84 Å². The Hall–Kier alpha value is -0.900. The van der Waals surface area contributed by atoms with Crippen molar-refractivity contribution in [3.8, 4) is 0 Å². The second-order valence-corrected chi connectivity index (χ2v) is 3.87. The maximum atomic E-state index is 13.0. The lowest BCUT2D eigenvalue weighted by Crippen LogP contribution is -1.96. The van der Waals surface area contributed by atoms with Crippen molar-refractivity contribution in [3.05, 3.63) is 30.0 Å². The maximum Gasteiger partial charge on any atom is 0.175 e. The molecule has 0 unspecified atom stereocenters. The second kappa shape index (κ2) is 2.62. The summed E-state index contributed by atoms with van der Waals surface area (Å²) in [7, 11) is -3.91. The third kappa shape index (κ3) is 2.01. The molecule has 0 aliphatic heterocycles. The van der Waals surface area contributed by atoms with Gasteiger partial charge in [0.2, 0.25) is 0 Å². The van der Waals surface area contributed by atoms with Gasteiger partial charge in [0.05, 0.1) is 10.4 Å². The molecule has 0 spiro atoms. The molecule has 0 amide bonds. The predicted molar refractivity (Wildman–Crippen MR) is 39.5 cm³/mol. The van der Waals surface area contributed by atoms with E-state index in [0.717, 1.165) is 6.26 Å². The van der Waals surface area contributed by atoms with Crippen LogP contribution in [0, 0.1) is 5.82 Å². The van der Waals surface area contributed by atoms with E-state index in [-0.39, 0.29) is 0 Å². The van der Waals surface area contributed by atoms with E-state index < -0.39 is 44.7 Å². The van der Waals surface area contributed by atoms with Gasteiger partial charge < -0.3 is 0 Å². The minimum atomic E-state index is -3.91. The molecule has 4 heteroatoms. The van der Waals surface area contributed by atoms with E-state index in [4.69, 9.17) is 5.48 Å². The molecule has 0 saturated carbocycles. The summed E-state index contributed by atoms with van der Waals surface area (Å²) < 4.78 is 63.9. The maximum absolute atomic E-state index is 13.0. The van der Waals surface area contributed by atoms with E-state index in [1.54, 1.807) is 0 Å². The molecule has 1 rings (SSSR count). The zero-order chi connectivity index (χ0) is 12.0. The van der Waals surface area contributed by atoms with Crippen LogP contribution in [-0.2, 0) is 9.84 Å².